The van der Waals surface area contributed by atoms with Gasteiger partial charge in [-0.3, -0.25) is 4.90 Å². The van der Waals surface area contributed by atoms with Crippen molar-refractivity contribution in [1.82, 2.24) is 14.9 Å². The molecule has 1 atom stereocenters. The first kappa shape index (κ1) is 16.0. The first-order valence-electron chi connectivity index (χ1n) is 8.47. The fourth-order valence-electron chi connectivity index (χ4n) is 3.59. The van der Waals surface area contributed by atoms with Gasteiger partial charge in [-0.25, -0.2) is 9.97 Å². The van der Waals surface area contributed by atoms with E-state index in [0.29, 0.717) is 6.01 Å². The number of aryl methyl sites for hydroxylation is 2. The van der Waals surface area contributed by atoms with Crippen LogP contribution < -0.4 is 4.74 Å². The highest BCUT2D eigenvalue weighted by molar-refractivity contribution is 7.10. The van der Waals surface area contributed by atoms with E-state index in [2.05, 4.69) is 33.2 Å². The van der Waals surface area contributed by atoms with E-state index in [0.717, 1.165) is 44.8 Å². The van der Waals surface area contributed by atoms with Gasteiger partial charge >= 0.3 is 6.01 Å². The van der Waals surface area contributed by atoms with Gasteiger partial charge in [-0.05, 0) is 36.9 Å². The molecule has 0 bridgehead atoms. The summed E-state index contributed by atoms with van der Waals surface area (Å²) < 4.78 is 12.1. The molecule has 2 fully saturated rings. The molecule has 0 radical (unpaired) electrons. The van der Waals surface area contributed by atoms with Crippen LogP contribution in [-0.2, 0) is 11.3 Å². The van der Waals surface area contributed by atoms with Crippen LogP contribution in [0, 0.1) is 13.8 Å². The van der Waals surface area contributed by atoms with E-state index in [-0.39, 0.29) is 11.7 Å². The van der Waals surface area contributed by atoms with Crippen molar-refractivity contribution >= 4 is 11.3 Å². The molecule has 0 unspecified atom stereocenters. The van der Waals surface area contributed by atoms with Crippen molar-refractivity contribution in [2.24, 2.45) is 0 Å². The molecule has 4 rings (SSSR count). The molecule has 6 heteroatoms. The first-order chi connectivity index (χ1) is 11.6. The zero-order chi connectivity index (χ0) is 16.6. The predicted molar refractivity (Wildman–Crippen MR) is 93.4 cm³/mol. The van der Waals surface area contributed by atoms with E-state index in [1.807, 2.05) is 24.3 Å². The summed E-state index contributed by atoms with van der Waals surface area (Å²) in [5.41, 5.74) is 2.28. The molecule has 2 aromatic heterocycles. The minimum Gasteiger partial charge on any atom is -0.460 e. The Labute approximate surface area is 146 Å². The molecule has 4 heterocycles. The van der Waals surface area contributed by atoms with Crippen LogP contribution in [-0.4, -0.2) is 46.3 Å². The van der Waals surface area contributed by atoms with Crippen LogP contribution in [0.15, 0.2) is 23.7 Å². The fraction of sp³-hybridized carbons (Fsp3) is 0.556. The zero-order valence-corrected chi connectivity index (χ0v) is 15.0. The molecular formula is C18H23N3O2S. The lowest BCUT2D eigenvalue weighted by Crippen LogP contribution is -2.65. The molecule has 2 aliphatic heterocycles. The van der Waals surface area contributed by atoms with E-state index < -0.39 is 0 Å². The van der Waals surface area contributed by atoms with Crippen LogP contribution in [0.5, 0.6) is 6.01 Å². The molecule has 0 aromatic carbocycles. The second-order valence-corrected chi connectivity index (χ2v) is 7.92. The number of ether oxygens (including phenoxy) is 2. The third kappa shape index (κ3) is 3.31. The van der Waals surface area contributed by atoms with E-state index >= 15 is 0 Å². The molecule has 2 aromatic rings. The van der Waals surface area contributed by atoms with Gasteiger partial charge in [0.2, 0.25) is 0 Å². The molecule has 0 saturated carbocycles. The molecule has 2 aliphatic rings. The van der Waals surface area contributed by atoms with E-state index in [4.69, 9.17) is 9.47 Å². The quantitative estimate of drug-likeness (QED) is 0.853. The molecule has 24 heavy (non-hydrogen) atoms. The number of aromatic nitrogens is 2. The Hall–Kier alpha value is -1.50. The Bertz CT molecular complexity index is 712. The maximum Gasteiger partial charge on any atom is 0.316 e. The predicted octanol–water partition coefficient (Wildman–Crippen LogP) is 2.97. The van der Waals surface area contributed by atoms with Crippen LogP contribution in [0.4, 0.5) is 0 Å². The number of nitrogens with zero attached hydrogens (tertiary/aromatic N) is 3. The van der Waals surface area contributed by atoms with Crippen LogP contribution in [0.3, 0.4) is 0 Å². The van der Waals surface area contributed by atoms with Crippen molar-refractivity contribution in [2.75, 3.05) is 19.7 Å². The summed E-state index contributed by atoms with van der Waals surface area (Å²) >= 11 is 1.84. The second kappa shape index (κ2) is 6.43. The van der Waals surface area contributed by atoms with E-state index in [9.17, 15) is 0 Å². The van der Waals surface area contributed by atoms with Crippen LogP contribution in [0.1, 0.15) is 29.0 Å². The van der Waals surface area contributed by atoms with Gasteiger partial charge in [-0.15, -0.1) is 11.3 Å². The Balaban J connectivity index is 1.33. The minimum atomic E-state index is -0.0437. The summed E-state index contributed by atoms with van der Waals surface area (Å²) in [4.78, 5) is 12.5. The smallest absolute Gasteiger partial charge is 0.316 e. The number of hydrogen-bond acceptors (Lipinski definition) is 6. The number of hydrogen-bond donors (Lipinski definition) is 0. The van der Waals surface area contributed by atoms with E-state index in [1.54, 1.807) is 6.20 Å². The lowest BCUT2D eigenvalue weighted by molar-refractivity contribution is -0.188. The summed E-state index contributed by atoms with van der Waals surface area (Å²) in [5, 5.41) is 2.17. The lowest BCUT2D eigenvalue weighted by atomic mass is 9.84. The summed E-state index contributed by atoms with van der Waals surface area (Å²) in [6, 6.07) is 4.56. The normalized spacial score (nSPS) is 23.2. The summed E-state index contributed by atoms with van der Waals surface area (Å²) in [6.07, 6.45) is 3.72. The molecule has 0 amide bonds. The Morgan fingerprint density at radius 2 is 2.25 bits per heavy atom. The molecule has 0 N–H and O–H groups in total. The van der Waals surface area contributed by atoms with Gasteiger partial charge in [0.15, 0.2) is 0 Å². The zero-order valence-electron chi connectivity index (χ0n) is 14.2. The molecular weight excluding hydrogens is 322 g/mol. The second-order valence-electron chi connectivity index (χ2n) is 6.92. The van der Waals surface area contributed by atoms with Gasteiger partial charge in [0.05, 0.1) is 12.2 Å². The monoisotopic (exact) mass is 345 g/mol. The Morgan fingerprint density at radius 1 is 1.38 bits per heavy atom. The highest BCUT2D eigenvalue weighted by Crippen LogP contribution is 2.36. The summed E-state index contributed by atoms with van der Waals surface area (Å²) in [6.45, 7) is 7.89. The number of likely N-dealkylation sites (tertiary alicyclic amines) is 1. The van der Waals surface area contributed by atoms with Crippen molar-refractivity contribution in [1.29, 1.82) is 0 Å². The van der Waals surface area contributed by atoms with Crippen molar-refractivity contribution < 1.29 is 9.47 Å². The average Bonchev–Trinajstić information content (AvgIpc) is 2.91. The Morgan fingerprint density at radius 3 is 3.00 bits per heavy atom. The number of thiophene rings is 1. The minimum absolute atomic E-state index is 0.0437. The SMILES string of the molecule is Cc1ccnc(O[C@H]2CCOC3(C2)CN(Cc2sccc2C)C3)n1. The van der Waals surface area contributed by atoms with Gasteiger partial charge in [0.1, 0.15) is 6.10 Å². The molecule has 0 aliphatic carbocycles. The van der Waals surface area contributed by atoms with E-state index in [1.165, 1.54) is 10.4 Å². The molecule has 5 nitrogen and oxygen atoms in total. The third-order valence-electron chi connectivity index (χ3n) is 4.85. The van der Waals surface area contributed by atoms with Crippen LogP contribution >= 0.6 is 11.3 Å². The third-order valence-corrected chi connectivity index (χ3v) is 5.86. The Kier molecular flexibility index (Phi) is 4.28. The van der Waals surface area contributed by atoms with Gasteiger partial charge in [0, 0.05) is 49.2 Å². The van der Waals surface area contributed by atoms with Crippen molar-refractivity contribution in [3.63, 3.8) is 0 Å². The lowest BCUT2D eigenvalue weighted by Gasteiger charge is -2.53. The maximum atomic E-state index is 6.11. The average molecular weight is 345 g/mol. The van der Waals surface area contributed by atoms with Gasteiger partial charge < -0.3 is 9.47 Å². The first-order valence-corrected chi connectivity index (χ1v) is 9.35. The maximum absolute atomic E-state index is 6.11. The molecule has 1 spiro atoms. The standard InChI is InChI=1S/C18H23N3O2S/c1-13-5-8-24-16(13)10-21-11-18(12-21)9-15(4-7-22-18)23-17-19-6-3-14(2)20-17/h3,5-6,8,15H,4,7,9-12H2,1-2H3/t15-/m0/s1. The number of rotatable bonds is 4. The fourth-order valence-corrected chi connectivity index (χ4v) is 4.53. The van der Waals surface area contributed by atoms with Crippen LogP contribution in [0.2, 0.25) is 0 Å². The highest BCUT2D eigenvalue weighted by atomic mass is 32.1. The van der Waals surface area contributed by atoms with Gasteiger partial charge in [-0.2, -0.15) is 0 Å². The van der Waals surface area contributed by atoms with Crippen molar-refractivity contribution in [3.05, 3.63) is 39.8 Å². The summed E-state index contributed by atoms with van der Waals surface area (Å²) in [5.74, 6) is 0. The van der Waals surface area contributed by atoms with Gasteiger partial charge in [0.25, 0.3) is 0 Å². The van der Waals surface area contributed by atoms with Crippen molar-refractivity contribution in [2.45, 2.75) is 44.9 Å². The largest absolute Gasteiger partial charge is 0.460 e. The van der Waals surface area contributed by atoms with Gasteiger partial charge in [-0.1, -0.05) is 0 Å². The van der Waals surface area contributed by atoms with Crippen LogP contribution in [0.25, 0.3) is 0 Å². The highest BCUT2D eigenvalue weighted by Gasteiger charge is 2.48. The topological polar surface area (TPSA) is 47.5 Å². The molecule has 128 valence electrons. The molecule has 2 saturated heterocycles. The summed E-state index contributed by atoms with van der Waals surface area (Å²) in [7, 11) is 0. The van der Waals surface area contributed by atoms with Crippen molar-refractivity contribution in [3.8, 4) is 6.01 Å².